The van der Waals surface area contributed by atoms with Crippen LogP contribution >= 0.6 is 0 Å². The average molecular weight is 857 g/mol. The second kappa shape index (κ2) is 19.1. The first-order valence-electron chi connectivity index (χ1n) is 22.7. The number of benzene rings is 3. The molecule has 0 aliphatic carbocycles. The van der Waals surface area contributed by atoms with Gasteiger partial charge < -0.3 is 27.8 Å². The molecule has 2 aliphatic heterocycles. The highest BCUT2D eigenvalue weighted by Gasteiger charge is 2.52. The molecule has 0 N–H and O–H groups in total. The van der Waals surface area contributed by atoms with Gasteiger partial charge in [0.2, 0.25) is 0 Å². The van der Waals surface area contributed by atoms with Crippen LogP contribution in [0.25, 0.3) is 0 Å². The predicted octanol–water partition coefficient (Wildman–Crippen LogP) is 12.1. The van der Waals surface area contributed by atoms with Gasteiger partial charge in [0.25, 0.3) is 8.32 Å². The Morgan fingerprint density at radius 1 is 0.683 bits per heavy atom. The van der Waals surface area contributed by atoms with Crippen molar-refractivity contribution in [2.45, 2.75) is 169 Å². The van der Waals surface area contributed by atoms with Gasteiger partial charge in [-0.15, -0.1) is 0 Å². The summed E-state index contributed by atoms with van der Waals surface area (Å²) in [5.41, 5.74) is 2.14. The second-order valence-corrected chi connectivity index (χ2v) is 30.5. The molecule has 6 nitrogen and oxygen atoms in total. The van der Waals surface area contributed by atoms with E-state index in [1.165, 1.54) is 10.4 Å². The molecule has 2 fully saturated rings. The summed E-state index contributed by atoms with van der Waals surface area (Å²) in [4.78, 5) is 0. The minimum absolute atomic E-state index is 0.0235. The molecular weight excluding hydrogens is 777 g/mol. The smallest absolute Gasteiger partial charge is 0.261 e. The van der Waals surface area contributed by atoms with Crippen molar-refractivity contribution in [1.82, 2.24) is 0 Å². The molecule has 0 radical (unpaired) electrons. The van der Waals surface area contributed by atoms with E-state index in [0.29, 0.717) is 6.61 Å². The summed E-state index contributed by atoms with van der Waals surface area (Å²) >= 11 is 0. The SMILES string of the molecule is C=C(C[C@H](C)[C@@H]1OC(C)(C)O[C@H]([C@@H](C)CO[Si](c2ccccc2)(c2ccccc2)C(C)(C)C)[C@@H]1C)[C@@H](O[Si](C)(C)C(C)(C)C)[C@H](C)[C@H]1O[C@H](c2ccccc2)O[C@H](C)[C@@H]1C. The highest BCUT2D eigenvalue weighted by Crippen LogP contribution is 2.45. The van der Waals surface area contributed by atoms with Gasteiger partial charge in [0.15, 0.2) is 20.4 Å². The van der Waals surface area contributed by atoms with Crippen LogP contribution < -0.4 is 10.4 Å². The molecule has 0 aromatic heterocycles. The van der Waals surface area contributed by atoms with Crippen LogP contribution in [0.5, 0.6) is 0 Å². The first-order valence-corrected chi connectivity index (χ1v) is 27.5. The Kier molecular flexibility index (Phi) is 15.5. The molecule has 0 amide bonds. The maximum atomic E-state index is 7.47. The van der Waals surface area contributed by atoms with Crippen molar-refractivity contribution in [3.05, 3.63) is 109 Å². The van der Waals surface area contributed by atoms with Gasteiger partial charge in [-0.1, -0.05) is 174 Å². The second-order valence-electron chi connectivity index (χ2n) is 21.4. The minimum Gasteiger partial charge on any atom is -0.410 e. The summed E-state index contributed by atoms with van der Waals surface area (Å²) < 4.78 is 42.0. The maximum Gasteiger partial charge on any atom is 0.261 e. The summed E-state index contributed by atoms with van der Waals surface area (Å²) in [7, 11) is -4.95. The largest absolute Gasteiger partial charge is 0.410 e. The van der Waals surface area contributed by atoms with Crippen molar-refractivity contribution in [2.24, 2.45) is 29.6 Å². The molecule has 0 unspecified atom stereocenters. The van der Waals surface area contributed by atoms with Gasteiger partial charge in [-0.2, -0.15) is 0 Å². The van der Waals surface area contributed by atoms with E-state index in [1.807, 2.05) is 18.2 Å². The minimum atomic E-state index is -2.73. The zero-order chi connectivity index (χ0) is 44.4. The van der Waals surface area contributed by atoms with Crippen molar-refractivity contribution >= 4 is 27.0 Å². The van der Waals surface area contributed by atoms with Gasteiger partial charge in [0, 0.05) is 35.8 Å². The van der Waals surface area contributed by atoms with Crippen molar-refractivity contribution in [2.75, 3.05) is 6.61 Å². The van der Waals surface area contributed by atoms with E-state index >= 15 is 0 Å². The fourth-order valence-electron chi connectivity index (χ4n) is 9.60. The van der Waals surface area contributed by atoms with E-state index in [4.69, 9.17) is 34.4 Å². The summed E-state index contributed by atoms with van der Waals surface area (Å²) in [6, 6.07) is 32.1. The highest BCUT2D eigenvalue weighted by molar-refractivity contribution is 6.99. The predicted molar refractivity (Wildman–Crippen MR) is 254 cm³/mol. The van der Waals surface area contributed by atoms with Crippen molar-refractivity contribution in [1.29, 1.82) is 0 Å². The van der Waals surface area contributed by atoms with Gasteiger partial charge >= 0.3 is 0 Å². The number of rotatable bonds is 15. The van der Waals surface area contributed by atoms with Gasteiger partial charge in [-0.25, -0.2) is 0 Å². The standard InChI is InChI=1S/C52H80O6Si2/c1-35(33-36(2)47(58-59(16,17)50(8,9)10)40(6)48-38(4)41(7)54-49(55-48)42-27-21-18-22-28-42)45-39(5)46(57-52(14,15)56-45)37(3)34-53-60(51(11,12)13,43-29-23-19-24-30-43)44-31-25-20-26-32-44/h18-32,35,37-41,45-49H,2,33-34H2,1,3-17H3/t35-,37-,38-,39+,40-,41+,45-,46+,47+,48-,49+/m0/s1. The Labute approximate surface area is 367 Å². The molecule has 60 heavy (non-hydrogen) atoms. The Morgan fingerprint density at radius 3 is 1.65 bits per heavy atom. The Bertz CT molecular complexity index is 1760. The first kappa shape index (κ1) is 48.6. The number of hydrogen-bond donors (Lipinski definition) is 0. The molecule has 0 saturated carbocycles. The number of hydrogen-bond acceptors (Lipinski definition) is 6. The van der Waals surface area contributed by atoms with E-state index in [9.17, 15) is 0 Å². The van der Waals surface area contributed by atoms with E-state index in [0.717, 1.165) is 17.6 Å². The van der Waals surface area contributed by atoms with Crippen molar-refractivity contribution in [3.63, 3.8) is 0 Å². The van der Waals surface area contributed by atoms with Crippen LogP contribution in [0.15, 0.2) is 103 Å². The van der Waals surface area contributed by atoms with Crippen LogP contribution in [-0.2, 0) is 27.8 Å². The molecule has 332 valence electrons. The quantitative estimate of drug-likeness (QED) is 0.112. The van der Waals surface area contributed by atoms with Gasteiger partial charge in [0.05, 0.1) is 30.5 Å². The van der Waals surface area contributed by atoms with Crippen LogP contribution in [0.4, 0.5) is 0 Å². The molecule has 0 bridgehead atoms. The summed E-state index contributed by atoms with van der Waals surface area (Å²) in [5, 5.41) is 2.50. The van der Waals surface area contributed by atoms with E-state index in [2.05, 4.69) is 183 Å². The Morgan fingerprint density at radius 2 is 1.17 bits per heavy atom. The maximum absolute atomic E-state index is 7.47. The molecule has 0 spiro atoms. The highest BCUT2D eigenvalue weighted by atomic mass is 28.4. The molecule has 2 aliphatic rings. The third kappa shape index (κ3) is 10.7. The molecule has 5 rings (SSSR count). The Hall–Kier alpha value is -2.41. The molecule has 2 heterocycles. The summed E-state index contributed by atoms with van der Waals surface area (Å²) in [6.45, 7) is 41.9. The zero-order valence-corrected chi connectivity index (χ0v) is 42.1. The lowest BCUT2D eigenvalue weighted by Gasteiger charge is -2.50. The Balaban J connectivity index is 1.39. The van der Waals surface area contributed by atoms with E-state index in [1.54, 1.807) is 0 Å². The van der Waals surface area contributed by atoms with Crippen LogP contribution in [0.3, 0.4) is 0 Å². The first-order chi connectivity index (χ1) is 27.9. The van der Waals surface area contributed by atoms with Gasteiger partial charge in [-0.3, -0.25) is 0 Å². The molecular formula is C52H80O6Si2. The lowest BCUT2D eigenvalue weighted by atomic mass is 9.78. The molecule has 3 aromatic carbocycles. The van der Waals surface area contributed by atoms with Crippen LogP contribution in [-0.4, -0.2) is 59.5 Å². The van der Waals surface area contributed by atoms with Crippen LogP contribution in [0.2, 0.25) is 23.2 Å². The van der Waals surface area contributed by atoms with Crippen molar-refractivity contribution in [3.8, 4) is 0 Å². The average Bonchev–Trinajstić information content (AvgIpc) is 3.18. The molecule has 11 atom stereocenters. The van der Waals surface area contributed by atoms with E-state index < -0.39 is 28.7 Å². The third-order valence-corrected chi connectivity index (χ3v) is 23.6. The zero-order valence-electron chi connectivity index (χ0n) is 40.1. The molecule has 8 heteroatoms. The monoisotopic (exact) mass is 857 g/mol. The summed E-state index contributed by atoms with van der Waals surface area (Å²) in [6.07, 6.45) is -0.0452. The molecule has 2 saturated heterocycles. The van der Waals surface area contributed by atoms with Gasteiger partial charge in [0.1, 0.15) is 0 Å². The van der Waals surface area contributed by atoms with Crippen LogP contribution in [0, 0.1) is 29.6 Å². The normalized spacial score (nSPS) is 27.4. The van der Waals surface area contributed by atoms with Crippen LogP contribution in [0.1, 0.15) is 115 Å². The van der Waals surface area contributed by atoms with Gasteiger partial charge in [-0.05, 0) is 72.2 Å². The third-order valence-electron chi connectivity index (χ3n) is 14.1. The lowest BCUT2D eigenvalue weighted by molar-refractivity contribution is -0.335. The molecule has 3 aromatic rings. The summed E-state index contributed by atoms with van der Waals surface area (Å²) in [5.74, 6) is -0.164. The topological polar surface area (TPSA) is 55.4 Å². The van der Waals surface area contributed by atoms with Crippen molar-refractivity contribution < 1.29 is 27.8 Å². The fourth-order valence-corrected chi connectivity index (χ4v) is 15.6. The fraction of sp³-hybridized carbons (Fsp3) is 0.615. The number of ether oxygens (including phenoxy) is 4. The lowest BCUT2D eigenvalue weighted by Crippen LogP contribution is -2.67. The van der Waals surface area contributed by atoms with E-state index in [-0.39, 0.29) is 70.2 Å².